The Kier molecular flexibility index (Phi) is 9.76. The summed E-state index contributed by atoms with van der Waals surface area (Å²) in [5.74, 6) is 1.50. The maximum atomic E-state index is 3.52. The van der Waals surface area contributed by atoms with Crippen LogP contribution in [0.4, 0.5) is 0 Å². The van der Waals surface area contributed by atoms with E-state index in [1.54, 1.807) is 0 Å². The van der Waals surface area contributed by atoms with Crippen molar-refractivity contribution in [3.05, 3.63) is 0 Å². The lowest BCUT2D eigenvalue weighted by Gasteiger charge is -2.36. The van der Waals surface area contributed by atoms with Crippen LogP contribution in [0.5, 0.6) is 0 Å². The largest absolute Gasteiger partial charge is 0.315 e. The van der Waals surface area contributed by atoms with Gasteiger partial charge in [-0.1, -0.05) is 48.0 Å². The molecule has 0 rings (SSSR count). The molecule has 0 radical (unpaired) electrons. The van der Waals surface area contributed by atoms with E-state index in [1.807, 2.05) is 0 Å². The molecule has 0 heterocycles. The topological polar surface area (TPSA) is 15.3 Å². The van der Waals surface area contributed by atoms with E-state index < -0.39 is 0 Å². The second-order valence-corrected chi connectivity index (χ2v) is 6.10. The fourth-order valence-electron chi connectivity index (χ4n) is 2.74. The van der Waals surface area contributed by atoms with E-state index in [2.05, 4.69) is 58.8 Å². The first-order valence-electron chi connectivity index (χ1n) is 7.91. The molecule has 0 aromatic rings. The van der Waals surface area contributed by atoms with E-state index in [0.29, 0.717) is 6.04 Å². The Morgan fingerprint density at radius 1 is 0.889 bits per heavy atom. The van der Waals surface area contributed by atoms with E-state index in [-0.39, 0.29) is 0 Å². The zero-order valence-electron chi connectivity index (χ0n) is 13.8. The van der Waals surface area contributed by atoms with E-state index in [4.69, 9.17) is 0 Å². The Morgan fingerprint density at radius 2 is 1.44 bits per heavy atom. The first-order valence-corrected chi connectivity index (χ1v) is 7.91. The van der Waals surface area contributed by atoms with Crippen molar-refractivity contribution in [2.75, 3.05) is 20.1 Å². The minimum atomic E-state index is 0.620. The van der Waals surface area contributed by atoms with Crippen molar-refractivity contribution in [2.45, 2.75) is 72.9 Å². The Morgan fingerprint density at radius 3 is 1.78 bits per heavy atom. The van der Waals surface area contributed by atoms with Crippen molar-refractivity contribution < 1.29 is 0 Å². The van der Waals surface area contributed by atoms with Gasteiger partial charge in [0.15, 0.2) is 0 Å². The van der Waals surface area contributed by atoms with Crippen LogP contribution in [0.25, 0.3) is 0 Å². The molecule has 0 aliphatic heterocycles. The molecule has 2 unspecified atom stereocenters. The van der Waals surface area contributed by atoms with Crippen LogP contribution in [0, 0.1) is 11.8 Å². The van der Waals surface area contributed by atoms with Gasteiger partial charge in [0.1, 0.15) is 0 Å². The maximum absolute atomic E-state index is 3.52. The predicted molar refractivity (Wildman–Crippen MR) is 83.1 cm³/mol. The summed E-state index contributed by atoms with van der Waals surface area (Å²) in [6, 6.07) is 1.36. The average Bonchev–Trinajstić information content (AvgIpc) is 2.35. The Balaban J connectivity index is 4.63. The van der Waals surface area contributed by atoms with Gasteiger partial charge in [0, 0.05) is 25.2 Å². The summed E-state index contributed by atoms with van der Waals surface area (Å²) in [5.41, 5.74) is 0. The number of likely N-dealkylation sites (N-methyl/N-ethyl adjacent to an activating group) is 1. The van der Waals surface area contributed by atoms with Crippen LogP contribution in [0.1, 0.15) is 60.8 Å². The number of hydrogen-bond acceptors (Lipinski definition) is 2. The molecule has 0 spiro atoms. The summed E-state index contributed by atoms with van der Waals surface area (Å²) in [4.78, 5) is 2.71. The molecule has 1 N–H and O–H groups in total. The number of hydrogen-bond donors (Lipinski definition) is 1. The third kappa shape index (κ3) is 6.19. The summed E-state index contributed by atoms with van der Waals surface area (Å²) in [7, 11) is 2.11. The second-order valence-electron chi connectivity index (χ2n) is 6.10. The molecule has 0 aromatic heterocycles. The second kappa shape index (κ2) is 9.80. The zero-order valence-corrected chi connectivity index (χ0v) is 13.8. The van der Waals surface area contributed by atoms with Crippen LogP contribution >= 0.6 is 0 Å². The summed E-state index contributed by atoms with van der Waals surface area (Å²) in [6.07, 6.45) is 3.78. The number of nitrogens with one attached hydrogen (secondary N) is 1. The summed E-state index contributed by atoms with van der Waals surface area (Å²) >= 11 is 0. The highest BCUT2D eigenvalue weighted by Gasteiger charge is 2.22. The lowest BCUT2D eigenvalue weighted by molar-refractivity contribution is 0.136. The van der Waals surface area contributed by atoms with Gasteiger partial charge in [-0.15, -0.1) is 0 Å². The first-order chi connectivity index (χ1) is 8.49. The Hall–Kier alpha value is -0.0800. The minimum Gasteiger partial charge on any atom is -0.315 e. The van der Waals surface area contributed by atoms with Crippen LogP contribution in [0.2, 0.25) is 0 Å². The smallest absolute Gasteiger partial charge is 0.0217 e. The Bertz CT molecular complexity index is 188. The molecule has 0 saturated carbocycles. The predicted octanol–water partition coefficient (Wildman–Crippen LogP) is 3.77. The van der Waals surface area contributed by atoms with E-state index in [0.717, 1.165) is 17.9 Å². The summed E-state index contributed by atoms with van der Waals surface area (Å²) in [5, 5.41) is 3.52. The fraction of sp³-hybridized carbons (Fsp3) is 1.00. The SMILES string of the molecule is CCC(C)C(CN(CC(C)C)C(CC)CC)NC. The highest BCUT2D eigenvalue weighted by molar-refractivity contribution is 4.79. The quantitative estimate of drug-likeness (QED) is 0.640. The molecule has 2 atom stereocenters. The minimum absolute atomic E-state index is 0.620. The van der Waals surface area contributed by atoms with Gasteiger partial charge in [-0.2, -0.15) is 0 Å². The molecule has 110 valence electrons. The molecule has 0 aliphatic rings. The lowest BCUT2D eigenvalue weighted by atomic mass is 9.97. The van der Waals surface area contributed by atoms with Crippen LogP contribution in [-0.2, 0) is 0 Å². The monoisotopic (exact) mass is 256 g/mol. The lowest BCUT2D eigenvalue weighted by Crippen LogP contribution is -2.48. The molecule has 2 nitrogen and oxygen atoms in total. The van der Waals surface area contributed by atoms with E-state index in [1.165, 1.54) is 32.4 Å². The highest BCUT2D eigenvalue weighted by atomic mass is 15.2. The molecule has 0 amide bonds. The van der Waals surface area contributed by atoms with Gasteiger partial charge in [0.25, 0.3) is 0 Å². The molecular weight excluding hydrogens is 220 g/mol. The zero-order chi connectivity index (χ0) is 14.1. The first kappa shape index (κ1) is 17.9. The molecule has 0 bridgehead atoms. The molecule has 0 aliphatic carbocycles. The van der Waals surface area contributed by atoms with Crippen molar-refractivity contribution >= 4 is 0 Å². The van der Waals surface area contributed by atoms with E-state index >= 15 is 0 Å². The molecule has 0 aromatic carbocycles. The highest BCUT2D eigenvalue weighted by Crippen LogP contribution is 2.16. The summed E-state index contributed by atoms with van der Waals surface area (Å²) < 4.78 is 0. The van der Waals surface area contributed by atoms with Crippen molar-refractivity contribution in [3.63, 3.8) is 0 Å². The molecule has 2 heteroatoms. The van der Waals surface area contributed by atoms with Gasteiger partial charge in [0.2, 0.25) is 0 Å². The molecule has 18 heavy (non-hydrogen) atoms. The van der Waals surface area contributed by atoms with Gasteiger partial charge in [-0.25, -0.2) is 0 Å². The number of nitrogens with zero attached hydrogens (tertiary/aromatic N) is 1. The fourth-order valence-corrected chi connectivity index (χ4v) is 2.74. The van der Waals surface area contributed by atoms with Crippen LogP contribution in [0.15, 0.2) is 0 Å². The van der Waals surface area contributed by atoms with Crippen molar-refractivity contribution in [2.24, 2.45) is 11.8 Å². The standard InChI is InChI=1S/C16H36N2/c1-8-14(6)16(17-7)12-18(11-13(4)5)15(9-2)10-3/h13-17H,8-12H2,1-7H3. The number of rotatable bonds is 10. The third-order valence-electron chi connectivity index (χ3n) is 4.19. The Labute approximate surface area is 116 Å². The van der Waals surface area contributed by atoms with Gasteiger partial charge in [-0.3, -0.25) is 4.90 Å². The van der Waals surface area contributed by atoms with E-state index in [9.17, 15) is 0 Å². The normalized spacial score (nSPS) is 15.7. The maximum Gasteiger partial charge on any atom is 0.0217 e. The van der Waals surface area contributed by atoms with Gasteiger partial charge in [0.05, 0.1) is 0 Å². The third-order valence-corrected chi connectivity index (χ3v) is 4.19. The van der Waals surface area contributed by atoms with Crippen LogP contribution < -0.4 is 5.32 Å². The summed E-state index contributed by atoms with van der Waals surface area (Å²) in [6.45, 7) is 16.4. The molecule has 0 saturated heterocycles. The molecular formula is C16H36N2. The van der Waals surface area contributed by atoms with Crippen LogP contribution in [-0.4, -0.2) is 37.1 Å². The van der Waals surface area contributed by atoms with Crippen molar-refractivity contribution in [1.29, 1.82) is 0 Å². The van der Waals surface area contributed by atoms with Crippen molar-refractivity contribution in [1.82, 2.24) is 10.2 Å². The van der Waals surface area contributed by atoms with Crippen LogP contribution in [0.3, 0.4) is 0 Å². The van der Waals surface area contributed by atoms with Gasteiger partial charge >= 0.3 is 0 Å². The molecule has 0 fully saturated rings. The van der Waals surface area contributed by atoms with Gasteiger partial charge in [-0.05, 0) is 31.7 Å². The van der Waals surface area contributed by atoms with Crippen molar-refractivity contribution in [3.8, 4) is 0 Å². The average molecular weight is 256 g/mol. The van der Waals surface area contributed by atoms with Gasteiger partial charge < -0.3 is 5.32 Å².